The largest absolute Gasteiger partial charge is 0.481 e. The second-order valence-electron chi connectivity index (χ2n) is 5.86. The summed E-state index contributed by atoms with van der Waals surface area (Å²) in [6, 6.07) is -0.813. The molecule has 7 nitrogen and oxygen atoms in total. The molecule has 0 radical (unpaired) electrons. The number of likely N-dealkylation sites (tertiary alicyclic amines) is 1. The molecule has 2 atom stereocenters. The van der Waals surface area contributed by atoms with Crippen LogP contribution in [0.3, 0.4) is 0 Å². The maximum atomic E-state index is 12.0. The first-order chi connectivity index (χ1) is 8.97. The van der Waals surface area contributed by atoms with Crippen molar-refractivity contribution in [3.63, 3.8) is 0 Å². The summed E-state index contributed by atoms with van der Waals surface area (Å²) in [6.45, 7) is 5.12. The van der Waals surface area contributed by atoms with Gasteiger partial charge in [-0.2, -0.15) is 0 Å². The summed E-state index contributed by atoms with van der Waals surface area (Å²) in [5.41, 5.74) is 0. The van der Waals surface area contributed by atoms with Gasteiger partial charge in [0.1, 0.15) is 0 Å². The fraction of sp³-hybridized carbons (Fsp3) is 0.833. The number of carboxylic acids is 1. The summed E-state index contributed by atoms with van der Waals surface area (Å²) >= 11 is 0. The quantitative estimate of drug-likeness (QED) is 0.778. The van der Waals surface area contributed by atoms with Gasteiger partial charge in [0.2, 0.25) is 0 Å². The molecule has 8 heteroatoms. The minimum Gasteiger partial charge on any atom is -0.481 e. The van der Waals surface area contributed by atoms with E-state index in [1.807, 2.05) is 0 Å². The van der Waals surface area contributed by atoms with Crippen molar-refractivity contribution in [1.29, 1.82) is 0 Å². The molecule has 0 aromatic heterocycles. The number of sulfone groups is 1. The molecule has 1 aliphatic rings. The van der Waals surface area contributed by atoms with Gasteiger partial charge in [0.15, 0.2) is 9.84 Å². The number of carbonyl (C=O) groups excluding carboxylic acids is 1. The van der Waals surface area contributed by atoms with E-state index in [4.69, 9.17) is 5.11 Å². The number of urea groups is 1. The smallest absolute Gasteiger partial charge is 0.317 e. The van der Waals surface area contributed by atoms with Crippen molar-refractivity contribution in [2.75, 3.05) is 19.3 Å². The first kappa shape index (κ1) is 16.7. The lowest BCUT2D eigenvalue weighted by Gasteiger charge is -2.27. The summed E-state index contributed by atoms with van der Waals surface area (Å²) in [6.07, 6.45) is 1.54. The predicted molar refractivity (Wildman–Crippen MR) is 74.2 cm³/mol. The number of hydrogen-bond acceptors (Lipinski definition) is 4. The molecular formula is C12H22N2O5S. The molecule has 1 aliphatic heterocycles. The molecule has 1 fully saturated rings. The fourth-order valence-electron chi connectivity index (χ4n) is 2.08. The highest BCUT2D eigenvalue weighted by Crippen LogP contribution is 2.24. The Morgan fingerprint density at radius 2 is 1.95 bits per heavy atom. The van der Waals surface area contributed by atoms with Crippen LogP contribution in [-0.2, 0) is 14.6 Å². The van der Waals surface area contributed by atoms with Crippen LogP contribution in [0.1, 0.15) is 27.2 Å². The third kappa shape index (κ3) is 3.41. The Hall–Kier alpha value is -1.31. The number of carboxylic acid groups (broad SMARTS) is 1. The van der Waals surface area contributed by atoms with Crippen molar-refractivity contribution in [3.05, 3.63) is 0 Å². The standard InChI is InChI=1S/C12H22N2O5S/c1-8-9(10(15)16)5-6-14(8)11(17)13-7-12(2,3)20(4,18)19/h8-9H,5-7H2,1-4H3,(H,13,17)(H,15,16). The second-order valence-corrected chi connectivity index (χ2v) is 8.51. The van der Waals surface area contributed by atoms with E-state index in [-0.39, 0.29) is 6.54 Å². The molecule has 1 heterocycles. The Balaban J connectivity index is 2.64. The van der Waals surface area contributed by atoms with Gasteiger partial charge in [-0.25, -0.2) is 13.2 Å². The van der Waals surface area contributed by atoms with Crippen molar-refractivity contribution >= 4 is 21.8 Å². The summed E-state index contributed by atoms with van der Waals surface area (Å²) in [7, 11) is -3.29. The van der Waals surface area contributed by atoms with Gasteiger partial charge in [-0.1, -0.05) is 0 Å². The predicted octanol–water partition coefficient (Wildman–Crippen LogP) is 0.314. The average Bonchev–Trinajstić information content (AvgIpc) is 2.66. The molecule has 1 rings (SSSR count). The van der Waals surface area contributed by atoms with Crippen LogP contribution in [0.4, 0.5) is 4.79 Å². The highest BCUT2D eigenvalue weighted by Gasteiger charge is 2.39. The van der Waals surface area contributed by atoms with Gasteiger partial charge in [0, 0.05) is 25.4 Å². The zero-order valence-corrected chi connectivity index (χ0v) is 13.0. The first-order valence-electron chi connectivity index (χ1n) is 6.44. The molecule has 0 saturated carbocycles. The molecule has 116 valence electrons. The number of hydrogen-bond donors (Lipinski definition) is 2. The van der Waals surface area contributed by atoms with Gasteiger partial charge >= 0.3 is 12.0 Å². The number of nitrogens with zero attached hydrogens (tertiary/aromatic N) is 1. The van der Waals surface area contributed by atoms with Gasteiger partial charge < -0.3 is 15.3 Å². The van der Waals surface area contributed by atoms with Gasteiger partial charge in [-0.05, 0) is 27.2 Å². The maximum absolute atomic E-state index is 12.0. The Bertz CT molecular complexity index is 500. The SMILES string of the molecule is CC1C(C(=O)O)CCN1C(=O)NCC(C)(C)S(C)(=O)=O. The van der Waals surface area contributed by atoms with Gasteiger partial charge in [0.05, 0.1) is 10.7 Å². The van der Waals surface area contributed by atoms with E-state index in [2.05, 4.69) is 5.32 Å². The van der Waals surface area contributed by atoms with Crippen LogP contribution in [0.15, 0.2) is 0 Å². The topological polar surface area (TPSA) is 104 Å². The van der Waals surface area contributed by atoms with E-state index >= 15 is 0 Å². The third-order valence-corrected chi connectivity index (χ3v) is 6.15. The van der Waals surface area contributed by atoms with Crippen molar-refractivity contribution in [3.8, 4) is 0 Å². The first-order valence-corrected chi connectivity index (χ1v) is 8.33. The van der Waals surface area contributed by atoms with E-state index in [1.165, 1.54) is 18.7 Å². The molecule has 0 spiro atoms. The van der Waals surface area contributed by atoms with Crippen molar-refractivity contribution in [2.45, 2.75) is 38.0 Å². The molecule has 2 N–H and O–H groups in total. The van der Waals surface area contributed by atoms with Crippen LogP contribution in [-0.4, -0.2) is 60.6 Å². The van der Waals surface area contributed by atoms with Crippen molar-refractivity contribution in [2.24, 2.45) is 5.92 Å². The molecule has 2 amide bonds. The Kier molecular flexibility index (Phi) is 4.68. The van der Waals surface area contributed by atoms with Crippen molar-refractivity contribution in [1.82, 2.24) is 10.2 Å². The zero-order valence-electron chi connectivity index (χ0n) is 12.2. The lowest BCUT2D eigenvalue weighted by Crippen LogP contribution is -2.49. The highest BCUT2D eigenvalue weighted by molar-refractivity contribution is 7.92. The summed E-state index contributed by atoms with van der Waals surface area (Å²) in [5, 5.41) is 11.6. The molecule has 1 saturated heterocycles. The van der Waals surface area contributed by atoms with Gasteiger partial charge in [-0.15, -0.1) is 0 Å². The average molecular weight is 306 g/mol. The Morgan fingerprint density at radius 1 is 1.40 bits per heavy atom. The second kappa shape index (κ2) is 5.59. The van der Waals surface area contributed by atoms with Crippen LogP contribution in [0, 0.1) is 5.92 Å². The van der Waals surface area contributed by atoms with Crippen molar-refractivity contribution < 1.29 is 23.1 Å². The number of rotatable bonds is 4. The summed E-state index contributed by atoms with van der Waals surface area (Å²) < 4.78 is 22.0. The van der Waals surface area contributed by atoms with E-state index < -0.39 is 38.5 Å². The lowest BCUT2D eigenvalue weighted by molar-refractivity contribution is -0.142. The molecule has 2 unspecified atom stereocenters. The minimum absolute atomic E-state index is 0.00831. The normalized spacial score (nSPS) is 23.7. The number of amides is 2. The lowest BCUT2D eigenvalue weighted by atomic mass is 10.0. The third-order valence-electron chi connectivity index (χ3n) is 4.00. The zero-order chi connectivity index (χ0) is 15.7. The maximum Gasteiger partial charge on any atom is 0.317 e. The molecule has 0 aromatic rings. The van der Waals surface area contributed by atoms with Crippen LogP contribution < -0.4 is 5.32 Å². The molecule has 20 heavy (non-hydrogen) atoms. The highest BCUT2D eigenvalue weighted by atomic mass is 32.2. The molecule has 0 aliphatic carbocycles. The van der Waals surface area contributed by atoms with E-state index in [0.717, 1.165) is 6.26 Å². The Morgan fingerprint density at radius 3 is 2.35 bits per heavy atom. The van der Waals surface area contributed by atoms with Crippen LogP contribution >= 0.6 is 0 Å². The summed E-state index contributed by atoms with van der Waals surface area (Å²) in [4.78, 5) is 24.5. The van der Waals surface area contributed by atoms with E-state index in [1.54, 1.807) is 6.92 Å². The van der Waals surface area contributed by atoms with Crippen LogP contribution in [0.2, 0.25) is 0 Å². The number of nitrogens with one attached hydrogen (secondary N) is 1. The fourth-order valence-corrected chi connectivity index (χ4v) is 2.41. The minimum atomic E-state index is -3.29. The monoisotopic (exact) mass is 306 g/mol. The van der Waals surface area contributed by atoms with Gasteiger partial charge in [-0.3, -0.25) is 4.79 Å². The van der Waals surface area contributed by atoms with Crippen LogP contribution in [0.25, 0.3) is 0 Å². The van der Waals surface area contributed by atoms with E-state index in [9.17, 15) is 18.0 Å². The Labute approximate surface area is 119 Å². The van der Waals surface area contributed by atoms with E-state index in [0.29, 0.717) is 13.0 Å². The number of carbonyl (C=O) groups is 2. The molecule has 0 aromatic carbocycles. The van der Waals surface area contributed by atoms with Crippen LogP contribution in [0.5, 0.6) is 0 Å². The van der Waals surface area contributed by atoms with Gasteiger partial charge in [0.25, 0.3) is 0 Å². The number of aliphatic carboxylic acids is 1. The molecular weight excluding hydrogens is 284 g/mol. The molecule has 0 bridgehead atoms. The summed E-state index contributed by atoms with van der Waals surface area (Å²) in [5.74, 6) is -1.48.